The van der Waals surface area contributed by atoms with E-state index in [2.05, 4.69) is 15.7 Å². The number of rotatable bonds is 4. The number of benzene rings is 2. The fourth-order valence-corrected chi connectivity index (χ4v) is 3.91. The van der Waals surface area contributed by atoms with Crippen LogP contribution in [0.3, 0.4) is 0 Å². The van der Waals surface area contributed by atoms with Crippen LogP contribution in [0.15, 0.2) is 71.8 Å². The van der Waals surface area contributed by atoms with E-state index in [0.717, 1.165) is 34.1 Å². The van der Waals surface area contributed by atoms with Crippen molar-refractivity contribution in [1.82, 2.24) is 15.0 Å². The molecule has 0 unspecified atom stereocenters. The summed E-state index contributed by atoms with van der Waals surface area (Å²) in [5.74, 6) is -0.735. The topological polar surface area (TPSA) is 79.3 Å². The van der Waals surface area contributed by atoms with Crippen molar-refractivity contribution in [2.24, 2.45) is 0 Å². The molecule has 0 aliphatic carbocycles. The predicted molar refractivity (Wildman–Crippen MR) is 124 cm³/mol. The largest absolute Gasteiger partial charge is 0.323 e. The van der Waals surface area contributed by atoms with Gasteiger partial charge in [0.25, 0.3) is 11.5 Å². The summed E-state index contributed by atoms with van der Waals surface area (Å²) in [7, 11) is 0. The number of hydrazine groups is 1. The number of hydrogen-bond acceptors (Lipinski definition) is 5. The second-order valence-electron chi connectivity index (χ2n) is 7.57. The molecule has 8 heteroatoms. The number of anilines is 2. The van der Waals surface area contributed by atoms with Crippen molar-refractivity contribution in [3.8, 4) is 5.69 Å². The summed E-state index contributed by atoms with van der Waals surface area (Å²) in [4.78, 5) is 29.2. The minimum absolute atomic E-state index is 0.221. The first-order chi connectivity index (χ1) is 15.5. The van der Waals surface area contributed by atoms with Gasteiger partial charge >= 0.3 is 0 Å². The monoisotopic (exact) mass is 429 g/mol. The highest BCUT2D eigenvalue weighted by Gasteiger charge is 2.14. The number of aryl methyl sites for hydroxylation is 1. The molecule has 1 aliphatic rings. The molecule has 0 spiro atoms. The first kappa shape index (κ1) is 19.9. The SMILES string of the molecule is Cc1ccc(-n2c(=O)ccc3cnc4ccc(N5C=CCN5)cc4c32)cc1NC(=O)CF. The molecule has 5 rings (SSSR count). The Balaban J connectivity index is 1.77. The second-order valence-corrected chi connectivity index (χ2v) is 7.57. The summed E-state index contributed by atoms with van der Waals surface area (Å²) in [5.41, 5.74) is 7.19. The van der Waals surface area contributed by atoms with Crippen molar-refractivity contribution in [1.29, 1.82) is 0 Å². The molecule has 4 aromatic rings. The van der Waals surface area contributed by atoms with Crippen molar-refractivity contribution >= 4 is 39.1 Å². The molecular weight excluding hydrogens is 409 g/mol. The molecule has 7 nitrogen and oxygen atoms in total. The maximum Gasteiger partial charge on any atom is 0.255 e. The Morgan fingerprint density at radius 1 is 1.16 bits per heavy atom. The third kappa shape index (κ3) is 3.40. The minimum Gasteiger partial charge on any atom is -0.323 e. The highest BCUT2D eigenvalue weighted by Crippen LogP contribution is 2.29. The van der Waals surface area contributed by atoms with Crippen LogP contribution < -0.4 is 21.3 Å². The van der Waals surface area contributed by atoms with Crippen LogP contribution in [0.2, 0.25) is 0 Å². The molecule has 2 aromatic carbocycles. The van der Waals surface area contributed by atoms with Gasteiger partial charge in [-0.05, 0) is 48.9 Å². The molecule has 2 aromatic heterocycles. The first-order valence-corrected chi connectivity index (χ1v) is 10.2. The molecular formula is C24H20FN5O2. The van der Waals surface area contributed by atoms with Crippen LogP contribution >= 0.6 is 0 Å². The quantitative estimate of drug-likeness (QED) is 0.485. The Morgan fingerprint density at radius 3 is 2.78 bits per heavy atom. The van der Waals surface area contributed by atoms with Gasteiger partial charge in [-0.15, -0.1) is 0 Å². The van der Waals surface area contributed by atoms with E-state index in [0.29, 0.717) is 16.9 Å². The molecule has 0 radical (unpaired) electrons. The minimum atomic E-state index is -1.12. The summed E-state index contributed by atoms with van der Waals surface area (Å²) >= 11 is 0. The van der Waals surface area contributed by atoms with Gasteiger partial charge in [0.2, 0.25) is 0 Å². The molecule has 32 heavy (non-hydrogen) atoms. The third-order valence-electron chi connectivity index (χ3n) is 5.49. The zero-order valence-electron chi connectivity index (χ0n) is 17.3. The fraction of sp³-hybridized carbons (Fsp3) is 0.125. The van der Waals surface area contributed by atoms with Gasteiger partial charge in [0, 0.05) is 41.5 Å². The van der Waals surface area contributed by atoms with E-state index in [1.54, 1.807) is 29.0 Å². The second kappa shape index (κ2) is 7.90. The Hall–Kier alpha value is -4.04. The number of fused-ring (bicyclic) bond motifs is 3. The maximum atomic E-state index is 13.1. The average Bonchev–Trinajstić information content (AvgIpc) is 3.35. The molecule has 0 saturated carbocycles. The summed E-state index contributed by atoms with van der Waals surface area (Å²) in [5, 5.41) is 6.09. The van der Waals surface area contributed by atoms with Crippen molar-refractivity contribution in [3.63, 3.8) is 0 Å². The van der Waals surface area contributed by atoms with Crippen molar-refractivity contribution in [3.05, 3.63) is 82.9 Å². The van der Waals surface area contributed by atoms with E-state index >= 15 is 0 Å². The van der Waals surface area contributed by atoms with Crippen molar-refractivity contribution in [2.75, 3.05) is 23.5 Å². The fourth-order valence-electron chi connectivity index (χ4n) is 3.91. The van der Waals surface area contributed by atoms with Gasteiger partial charge in [0.05, 0.1) is 22.4 Å². The molecule has 0 fully saturated rings. The van der Waals surface area contributed by atoms with E-state index in [1.807, 2.05) is 48.5 Å². The van der Waals surface area contributed by atoms with Crippen LogP contribution in [0.5, 0.6) is 0 Å². The van der Waals surface area contributed by atoms with Gasteiger partial charge in [-0.25, -0.2) is 9.82 Å². The van der Waals surface area contributed by atoms with Crippen LogP contribution in [-0.2, 0) is 4.79 Å². The van der Waals surface area contributed by atoms with E-state index in [4.69, 9.17) is 0 Å². The maximum absolute atomic E-state index is 13.1. The van der Waals surface area contributed by atoms with Crippen LogP contribution in [0.4, 0.5) is 15.8 Å². The smallest absolute Gasteiger partial charge is 0.255 e. The summed E-state index contributed by atoms with van der Waals surface area (Å²) in [6.07, 6.45) is 5.70. The van der Waals surface area contributed by atoms with Gasteiger partial charge < -0.3 is 5.32 Å². The average molecular weight is 429 g/mol. The van der Waals surface area contributed by atoms with Gasteiger partial charge in [0.1, 0.15) is 0 Å². The highest BCUT2D eigenvalue weighted by molar-refractivity contribution is 6.05. The van der Waals surface area contributed by atoms with Gasteiger partial charge in [0.15, 0.2) is 6.67 Å². The molecule has 2 N–H and O–H groups in total. The number of pyridine rings is 2. The number of carbonyl (C=O) groups excluding carboxylic acids is 1. The standard InChI is InChI=1S/C24H20FN5O2/c1-15-3-5-18(12-21(15)28-22(31)13-25)30-23(32)8-4-16-14-26-20-7-6-17(11-19(20)24(16)30)29-10-2-9-27-29/h2-8,10-12,14,27H,9,13H2,1H3,(H,28,31). The molecule has 1 amide bonds. The number of carbonyl (C=O) groups is 1. The molecule has 3 heterocycles. The molecule has 0 bridgehead atoms. The third-order valence-corrected chi connectivity index (χ3v) is 5.49. The van der Waals surface area contributed by atoms with Crippen LogP contribution in [-0.4, -0.2) is 28.7 Å². The number of amides is 1. The zero-order chi connectivity index (χ0) is 22.2. The number of nitrogens with one attached hydrogen (secondary N) is 2. The molecule has 160 valence electrons. The number of halogens is 1. The summed E-state index contributed by atoms with van der Waals surface area (Å²) < 4.78 is 14.4. The Kier molecular flexibility index (Phi) is 4.91. The first-order valence-electron chi connectivity index (χ1n) is 10.2. The van der Waals surface area contributed by atoms with Gasteiger partial charge in [-0.1, -0.05) is 12.1 Å². The van der Waals surface area contributed by atoms with E-state index in [9.17, 15) is 14.0 Å². The Bertz CT molecular complexity index is 1460. The zero-order valence-corrected chi connectivity index (χ0v) is 17.3. The molecule has 1 aliphatic heterocycles. The predicted octanol–water partition coefficient (Wildman–Crippen LogP) is 3.59. The lowest BCUT2D eigenvalue weighted by atomic mass is 10.1. The van der Waals surface area contributed by atoms with E-state index in [1.165, 1.54) is 6.07 Å². The van der Waals surface area contributed by atoms with Crippen LogP contribution in [0.25, 0.3) is 27.5 Å². The van der Waals surface area contributed by atoms with Gasteiger partial charge in [-0.3, -0.25) is 24.1 Å². The summed E-state index contributed by atoms with van der Waals surface area (Å²) in [6.45, 7) is 1.44. The van der Waals surface area contributed by atoms with Crippen molar-refractivity contribution in [2.45, 2.75) is 6.92 Å². The molecule has 0 atom stereocenters. The summed E-state index contributed by atoms with van der Waals surface area (Å²) in [6, 6.07) is 14.4. The normalized spacial score (nSPS) is 13.2. The Morgan fingerprint density at radius 2 is 2.00 bits per heavy atom. The highest BCUT2D eigenvalue weighted by atomic mass is 19.1. The number of hydrogen-bond donors (Lipinski definition) is 2. The van der Waals surface area contributed by atoms with E-state index < -0.39 is 12.6 Å². The lowest BCUT2D eigenvalue weighted by molar-refractivity contribution is -0.117. The Labute approximate surface area is 182 Å². The molecule has 0 saturated heterocycles. The van der Waals surface area contributed by atoms with Crippen molar-refractivity contribution < 1.29 is 9.18 Å². The number of alkyl halides is 1. The van der Waals surface area contributed by atoms with E-state index in [-0.39, 0.29) is 5.56 Å². The van der Waals surface area contributed by atoms with Crippen LogP contribution in [0, 0.1) is 6.92 Å². The number of aromatic nitrogens is 2. The number of nitrogens with zero attached hydrogens (tertiary/aromatic N) is 3. The van der Waals surface area contributed by atoms with Crippen LogP contribution in [0.1, 0.15) is 5.56 Å². The van der Waals surface area contributed by atoms with Gasteiger partial charge in [-0.2, -0.15) is 0 Å². The lowest BCUT2D eigenvalue weighted by Gasteiger charge is -2.18. The lowest BCUT2D eigenvalue weighted by Crippen LogP contribution is -2.28.